The molecule has 3 aromatic rings. The fraction of sp³-hybridized carbons (Fsp3) is 0.500. The predicted octanol–water partition coefficient (Wildman–Crippen LogP) is 2.25. The molecule has 0 unspecified atom stereocenters. The molecule has 198 valence electrons. The topological polar surface area (TPSA) is 113 Å². The smallest absolute Gasteiger partial charge is 0.223 e. The number of benzene rings is 1. The number of rotatable bonds is 6. The van der Waals surface area contributed by atoms with Gasteiger partial charge in [0.1, 0.15) is 11.9 Å². The van der Waals surface area contributed by atoms with Gasteiger partial charge in [-0.25, -0.2) is 18.7 Å². The molecule has 5 rings (SSSR count). The molecule has 0 amide bonds. The Kier molecular flexibility index (Phi) is 7.21. The van der Waals surface area contributed by atoms with Crippen molar-refractivity contribution in [3.63, 3.8) is 0 Å². The van der Waals surface area contributed by atoms with Crippen LogP contribution >= 0.6 is 0 Å². The summed E-state index contributed by atoms with van der Waals surface area (Å²) in [6, 6.07) is 6.22. The summed E-state index contributed by atoms with van der Waals surface area (Å²) >= 11 is 0. The van der Waals surface area contributed by atoms with E-state index in [1.54, 1.807) is 29.2 Å². The van der Waals surface area contributed by atoms with Crippen LogP contribution in [0.25, 0.3) is 22.2 Å². The number of nitrogens with one attached hydrogen (secondary N) is 1. The number of aliphatic hydroxyl groups is 2. The number of β-amino-alcohol motifs (C(OH)–C–C–N with tert-alkyl or cyclic N) is 1. The highest BCUT2D eigenvalue weighted by Crippen LogP contribution is 2.28. The number of anilines is 1. The number of hydrogen-bond donors (Lipinski definition) is 3. The molecule has 37 heavy (non-hydrogen) atoms. The zero-order valence-electron chi connectivity index (χ0n) is 20.8. The number of hydrogen-bond acceptors (Lipinski definition) is 8. The third-order valence-corrected chi connectivity index (χ3v) is 6.99. The second-order valence-electron chi connectivity index (χ2n) is 10.0. The molecule has 2 fully saturated rings. The second-order valence-corrected chi connectivity index (χ2v) is 10.0. The van der Waals surface area contributed by atoms with E-state index < -0.39 is 24.2 Å². The Balaban J connectivity index is 1.54. The van der Waals surface area contributed by atoms with E-state index in [0.29, 0.717) is 41.7 Å². The van der Waals surface area contributed by atoms with Gasteiger partial charge in [-0.2, -0.15) is 0 Å². The Bertz CT molecular complexity index is 1340. The highest BCUT2D eigenvalue weighted by atomic mass is 19.1. The average molecular weight is 516 g/mol. The van der Waals surface area contributed by atoms with Crippen molar-refractivity contribution in [1.29, 1.82) is 0 Å². The third-order valence-electron chi connectivity index (χ3n) is 6.99. The van der Waals surface area contributed by atoms with E-state index in [2.05, 4.69) is 15.3 Å². The van der Waals surface area contributed by atoms with Crippen LogP contribution in [-0.4, -0.2) is 80.4 Å². The molecule has 0 radical (unpaired) electrons. The Morgan fingerprint density at radius 3 is 2.73 bits per heavy atom. The van der Waals surface area contributed by atoms with E-state index in [0.717, 1.165) is 6.20 Å². The average Bonchev–Trinajstić information content (AvgIpc) is 3.17. The van der Waals surface area contributed by atoms with Crippen molar-refractivity contribution in [2.24, 2.45) is 0 Å². The van der Waals surface area contributed by atoms with Crippen molar-refractivity contribution in [3.8, 4) is 11.3 Å². The first-order valence-corrected chi connectivity index (χ1v) is 12.5. The molecule has 11 heteroatoms. The molecule has 9 nitrogen and oxygen atoms in total. The van der Waals surface area contributed by atoms with E-state index in [9.17, 15) is 23.8 Å². The molecule has 4 heterocycles. The number of aromatic nitrogens is 3. The number of alkyl halides is 1. The van der Waals surface area contributed by atoms with Crippen molar-refractivity contribution in [2.75, 3.05) is 31.6 Å². The molecule has 1 aromatic carbocycles. The molecule has 0 aliphatic carbocycles. The molecule has 2 aromatic heterocycles. The second kappa shape index (κ2) is 10.4. The van der Waals surface area contributed by atoms with Gasteiger partial charge in [0.15, 0.2) is 11.2 Å². The number of halogens is 2. The highest BCUT2D eigenvalue weighted by molar-refractivity contribution is 5.84. The molecule has 2 aliphatic heterocycles. The van der Waals surface area contributed by atoms with Crippen molar-refractivity contribution in [1.82, 2.24) is 19.4 Å². The lowest BCUT2D eigenvalue weighted by molar-refractivity contribution is -0.0136. The highest BCUT2D eigenvalue weighted by Gasteiger charge is 2.32. The maximum Gasteiger partial charge on any atom is 0.223 e. The lowest BCUT2D eigenvalue weighted by Crippen LogP contribution is -2.42. The molecule has 0 bridgehead atoms. The van der Waals surface area contributed by atoms with Gasteiger partial charge in [0.25, 0.3) is 0 Å². The van der Waals surface area contributed by atoms with Crippen molar-refractivity contribution < 1.29 is 23.7 Å². The molecule has 3 N–H and O–H groups in total. The minimum Gasteiger partial charge on any atom is -0.389 e. The zero-order valence-corrected chi connectivity index (χ0v) is 20.8. The summed E-state index contributed by atoms with van der Waals surface area (Å²) in [4.78, 5) is 23.2. The van der Waals surface area contributed by atoms with Crippen LogP contribution in [0.4, 0.5) is 14.7 Å². The molecule has 0 spiro atoms. The maximum atomic E-state index is 14.9. The van der Waals surface area contributed by atoms with Gasteiger partial charge in [0.05, 0.1) is 36.6 Å². The van der Waals surface area contributed by atoms with Crippen LogP contribution in [0.5, 0.6) is 0 Å². The summed E-state index contributed by atoms with van der Waals surface area (Å²) in [6.07, 6.45) is -1.45. The summed E-state index contributed by atoms with van der Waals surface area (Å²) in [5.74, 6) is -0.433. The van der Waals surface area contributed by atoms with Crippen LogP contribution in [0, 0.1) is 5.82 Å². The van der Waals surface area contributed by atoms with Crippen molar-refractivity contribution >= 4 is 16.9 Å². The number of pyridine rings is 1. The summed E-state index contributed by atoms with van der Waals surface area (Å²) in [5, 5.41) is 23.5. The number of aliphatic hydroxyl groups excluding tert-OH is 2. The molecular weight excluding hydrogens is 484 g/mol. The largest absolute Gasteiger partial charge is 0.389 e. The van der Waals surface area contributed by atoms with Crippen molar-refractivity contribution in [3.05, 3.63) is 52.2 Å². The minimum atomic E-state index is -1.32. The molecule has 4 atom stereocenters. The Hall–Kier alpha value is -2.99. The fourth-order valence-corrected chi connectivity index (χ4v) is 5.15. The van der Waals surface area contributed by atoms with Gasteiger partial charge < -0.3 is 24.8 Å². The third kappa shape index (κ3) is 5.22. The van der Waals surface area contributed by atoms with Gasteiger partial charge in [-0.3, -0.25) is 9.69 Å². The Morgan fingerprint density at radius 1 is 1.22 bits per heavy atom. The van der Waals surface area contributed by atoms with Crippen LogP contribution < -0.4 is 10.7 Å². The van der Waals surface area contributed by atoms with Gasteiger partial charge in [-0.15, -0.1) is 0 Å². The monoisotopic (exact) mass is 515 g/mol. The van der Waals surface area contributed by atoms with Gasteiger partial charge in [-0.1, -0.05) is 6.07 Å². The van der Waals surface area contributed by atoms with E-state index in [1.165, 1.54) is 0 Å². The van der Waals surface area contributed by atoms with Gasteiger partial charge in [0.2, 0.25) is 5.95 Å². The lowest BCUT2D eigenvalue weighted by atomic mass is 10.1. The van der Waals surface area contributed by atoms with Gasteiger partial charge in [-0.05, 0) is 32.4 Å². The number of nitrogens with zero attached hydrogens (tertiary/aromatic N) is 4. The Labute approximate surface area is 212 Å². The van der Waals surface area contributed by atoms with Crippen LogP contribution in [-0.2, 0) is 11.3 Å². The molecule has 2 aliphatic rings. The van der Waals surface area contributed by atoms with E-state index in [1.807, 2.05) is 18.4 Å². The summed E-state index contributed by atoms with van der Waals surface area (Å²) in [5.41, 5.74) is 1.64. The number of ether oxygens (including phenoxy) is 1. The zero-order chi connectivity index (χ0) is 26.3. The predicted molar refractivity (Wildman–Crippen MR) is 135 cm³/mol. The van der Waals surface area contributed by atoms with Crippen LogP contribution in [0.3, 0.4) is 0 Å². The van der Waals surface area contributed by atoms with E-state index >= 15 is 0 Å². The van der Waals surface area contributed by atoms with Crippen LogP contribution in [0.1, 0.15) is 32.0 Å². The Morgan fingerprint density at radius 2 is 2.03 bits per heavy atom. The van der Waals surface area contributed by atoms with E-state index in [-0.39, 0.29) is 48.9 Å². The quantitative estimate of drug-likeness (QED) is 0.458. The summed E-state index contributed by atoms with van der Waals surface area (Å²) in [6.45, 7) is 5.23. The molecule has 2 saturated heterocycles. The standard InChI is InChI=1S/C26H31F2N5O4/c1-14(2)33-16(10-32-11-19(28)23(35)12-32)8-22(34)17-4-3-15(7-21(17)33)25-18(27)9-29-26(31-25)30-20-5-6-37-13-24(20)36/h3-4,7-9,14,19-20,23-24,35-36H,5-6,10-13H2,1-2H3,(H,29,30,31)/t19-,20-,23+,24-/m1/s1. The van der Waals surface area contributed by atoms with Crippen molar-refractivity contribution in [2.45, 2.75) is 57.3 Å². The van der Waals surface area contributed by atoms with E-state index in [4.69, 9.17) is 4.74 Å². The first kappa shape index (κ1) is 25.7. The maximum absolute atomic E-state index is 14.9. The van der Waals surface area contributed by atoms with Crippen LogP contribution in [0.15, 0.2) is 35.3 Å². The SMILES string of the molecule is CC(C)n1c(CN2C[C@@H](F)[C@@H](O)C2)cc(=O)c2ccc(-c3nc(N[C@@H]4CCOC[C@H]4O)ncc3F)cc21. The lowest BCUT2D eigenvalue weighted by Gasteiger charge is -2.28. The first-order chi connectivity index (χ1) is 17.7. The van der Waals surface area contributed by atoms with Gasteiger partial charge in [0, 0.05) is 55.0 Å². The van der Waals surface area contributed by atoms with Crippen LogP contribution in [0.2, 0.25) is 0 Å². The first-order valence-electron chi connectivity index (χ1n) is 12.5. The number of likely N-dealkylation sites (tertiary alicyclic amines) is 1. The van der Waals surface area contributed by atoms with Gasteiger partial charge >= 0.3 is 0 Å². The molecular formula is C26H31F2N5O4. The fourth-order valence-electron chi connectivity index (χ4n) is 5.15. The summed E-state index contributed by atoms with van der Waals surface area (Å²) in [7, 11) is 0. The molecule has 0 saturated carbocycles. The summed E-state index contributed by atoms with van der Waals surface area (Å²) < 4.78 is 36.1. The normalized spacial score (nSPS) is 24.7. The minimum absolute atomic E-state index is 0.0514. The number of fused-ring (bicyclic) bond motifs is 1.